The molecule has 0 aliphatic heterocycles. The zero-order valence-electron chi connectivity index (χ0n) is 12.3. The minimum Gasteiger partial charge on any atom is -0.334 e. The molecule has 1 amide bonds. The molecule has 0 aliphatic rings. The summed E-state index contributed by atoms with van der Waals surface area (Å²) in [7, 11) is -3.72. The monoisotopic (exact) mass is 325 g/mol. The van der Waals surface area contributed by atoms with Gasteiger partial charge in [0, 0.05) is 24.0 Å². The lowest BCUT2D eigenvalue weighted by Crippen LogP contribution is -2.44. The predicted molar refractivity (Wildman–Crippen MR) is 78.0 cm³/mol. The number of non-ortho nitro benzene ring substituents is 1. The first-order valence-corrected chi connectivity index (χ1v) is 8.15. The molecular formula is C13H15N3O5S. The molecular weight excluding hydrogens is 310 g/mol. The third kappa shape index (κ3) is 4.02. The number of nitrogens with zero attached hydrogens (tertiary/aromatic N) is 2. The van der Waals surface area contributed by atoms with Crippen molar-refractivity contribution >= 4 is 21.4 Å². The summed E-state index contributed by atoms with van der Waals surface area (Å²) in [5.74, 6) is -0.750. The standard InChI is InChI=1S/C13H15N3O5S/c1-4-13(2,8-14)15-12(17)9-5-10(16(18)19)7-11(6-9)22(3,20)21/h5-7H,4H2,1-3H3,(H,15,17)/t13-/m0/s1. The molecule has 0 unspecified atom stereocenters. The van der Waals surface area contributed by atoms with Crippen molar-refractivity contribution in [3.05, 3.63) is 33.9 Å². The van der Waals surface area contributed by atoms with E-state index in [1.165, 1.54) is 6.92 Å². The third-order valence-electron chi connectivity index (χ3n) is 3.14. The van der Waals surface area contributed by atoms with E-state index in [0.717, 1.165) is 24.5 Å². The highest BCUT2D eigenvalue weighted by Crippen LogP contribution is 2.21. The number of benzene rings is 1. The molecule has 0 fully saturated rings. The second-order valence-electron chi connectivity index (χ2n) is 5.00. The average molecular weight is 325 g/mol. The van der Waals surface area contributed by atoms with Crippen molar-refractivity contribution < 1.29 is 18.1 Å². The Morgan fingerprint density at radius 1 is 1.45 bits per heavy atom. The summed E-state index contributed by atoms with van der Waals surface area (Å²) in [6.45, 7) is 3.19. The molecule has 118 valence electrons. The number of hydrogen-bond donors (Lipinski definition) is 1. The Balaban J connectivity index is 3.36. The Kier molecular flexibility index (Phi) is 4.88. The second kappa shape index (κ2) is 6.11. The number of sulfone groups is 1. The molecule has 1 atom stereocenters. The second-order valence-corrected chi connectivity index (χ2v) is 7.01. The highest BCUT2D eigenvalue weighted by atomic mass is 32.2. The van der Waals surface area contributed by atoms with Crippen molar-refractivity contribution in [2.24, 2.45) is 0 Å². The summed E-state index contributed by atoms with van der Waals surface area (Å²) >= 11 is 0. The van der Waals surface area contributed by atoms with Crippen LogP contribution in [0.5, 0.6) is 0 Å². The van der Waals surface area contributed by atoms with Crippen molar-refractivity contribution in [3.8, 4) is 6.07 Å². The Labute approximate surface area is 127 Å². The summed E-state index contributed by atoms with van der Waals surface area (Å²) in [4.78, 5) is 21.9. The van der Waals surface area contributed by atoms with Crippen molar-refractivity contribution in [3.63, 3.8) is 0 Å². The number of nitriles is 1. The molecule has 0 aliphatic carbocycles. The number of carbonyl (C=O) groups is 1. The van der Waals surface area contributed by atoms with Gasteiger partial charge in [0.1, 0.15) is 5.54 Å². The maximum Gasteiger partial charge on any atom is 0.271 e. The summed E-state index contributed by atoms with van der Waals surface area (Å²) in [5, 5.41) is 22.4. The van der Waals surface area contributed by atoms with Crippen LogP contribution >= 0.6 is 0 Å². The van der Waals surface area contributed by atoms with Crippen molar-refractivity contribution in [2.75, 3.05) is 6.26 Å². The molecule has 0 saturated carbocycles. The van der Waals surface area contributed by atoms with E-state index in [4.69, 9.17) is 5.26 Å². The van der Waals surface area contributed by atoms with Gasteiger partial charge < -0.3 is 5.32 Å². The maximum absolute atomic E-state index is 12.2. The largest absolute Gasteiger partial charge is 0.334 e. The molecule has 22 heavy (non-hydrogen) atoms. The molecule has 1 rings (SSSR count). The highest BCUT2D eigenvalue weighted by molar-refractivity contribution is 7.90. The number of nitro benzene ring substituents is 1. The van der Waals surface area contributed by atoms with Crippen LogP contribution in [0.15, 0.2) is 23.1 Å². The van der Waals surface area contributed by atoms with Crippen molar-refractivity contribution in [1.29, 1.82) is 5.26 Å². The third-order valence-corrected chi connectivity index (χ3v) is 4.23. The van der Waals surface area contributed by atoms with Crippen LogP contribution in [0.2, 0.25) is 0 Å². The van der Waals surface area contributed by atoms with E-state index in [2.05, 4.69) is 5.32 Å². The van der Waals surface area contributed by atoms with E-state index in [-0.39, 0.29) is 10.5 Å². The van der Waals surface area contributed by atoms with Crippen LogP contribution < -0.4 is 5.32 Å². The highest BCUT2D eigenvalue weighted by Gasteiger charge is 2.26. The molecule has 1 aromatic rings. The maximum atomic E-state index is 12.2. The number of nitrogens with one attached hydrogen (secondary N) is 1. The SMILES string of the molecule is CC[C@@](C)(C#N)NC(=O)c1cc([N+](=O)[O-])cc(S(C)(=O)=O)c1. The molecule has 0 radical (unpaired) electrons. The van der Waals surface area contributed by atoms with Crippen molar-refractivity contribution in [1.82, 2.24) is 5.32 Å². The van der Waals surface area contributed by atoms with E-state index in [1.807, 2.05) is 6.07 Å². The zero-order chi connectivity index (χ0) is 17.1. The van der Waals surface area contributed by atoms with Crippen LogP contribution in [0.3, 0.4) is 0 Å². The summed E-state index contributed by atoms with van der Waals surface area (Å²) in [6.07, 6.45) is 1.21. The summed E-state index contributed by atoms with van der Waals surface area (Å²) in [5.41, 5.74) is -1.85. The van der Waals surface area contributed by atoms with E-state index in [9.17, 15) is 23.3 Å². The fourth-order valence-electron chi connectivity index (χ4n) is 1.55. The molecule has 0 bridgehead atoms. The first-order chi connectivity index (χ1) is 10.0. The van der Waals surface area contributed by atoms with Crippen LogP contribution in [0.4, 0.5) is 5.69 Å². The Bertz CT molecular complexity index is 766. The first-order valence-electron chi connectivity index (χ1n) is 6.25. The molecule has 0 spiro atoms. The average Bonchev–Trinajstić information content (AvgIpc) is 2.45. The Morgan fingerprint density at radius 2 is 2.05 bits per heavy atom. The van der Waals surface area contributed by atoms with Crippen molar-refractivity contribution in [2.45, 2.75) is 30.7 Å². The molecule has 0 aromatic heterocycles. The smallest absolute Gasteiger partial charge is 0.271 e. The number of amides is 1. The number of hydrogen-bond acceptors (Lipinski definition) is 6. The Morgan fingerprint density at radius 3 is 2.45 bits per heavy atom. The fraction of sp³-hybridized carbons (Fsp3) is 0.385. The minimum absolute atomic E-state index is 0.190. The van der Waals surface area contributed by atoms with Gasteiger partial charge in [0.2, 0.25) is 0 Å². The molecule has 8 nitrogen and oxygen atoms in total. The number of rotatable bonds is 5. The van der Waals surface area contributed by atoms with E-state index in [1.54, 1.807) is 6.92 Å². The van der Waals surface area contributed by atoms with Gasteiger partial charge in [-0.1, -0.05) is 6.92 Å². The summed E-state index contributed by atoms with van der Waals surface area (Å²) < 4.78 is 23.1. The van der Waals surface area contributed by atoms with E-state index >= 15 is 0 Å². The summed E-state index contributed by atoms with van der Waals surface area (Å²) in [6, 6.07) is 4.83. The Hall–Kier alpha value is -2.47. The number of carbonyl (C=O) groups excluding carboxylic acids is 1. The predicted octanol–water partition coefficient (Wildman–Crippen LogP) is 1.42. The molecule has 0 heterocycles. The van der Waals surface area contributed by atoms with Gasteiger partial charge in [-0.15, -0.1) is 0 Å². The van der Waals surface area contributed by atoms with Crippen LogP contribution in [0.25, 0.3) is 0 Å². The molecule has 0 saturated heterocycles. The lowest BCUT2D eigenvalue weighted by atomic mass is 10.0. The van der Waals surface area contributed by atoms with Gasteiger partial charge in [-0.3, -0.25) is 14.9 Å². The van der Waals surface area contributed by atoms with Crippen LogP contribution in [-0.2, 0) is 9.84 Å². The van der Waals surface area contributed by atoms with Crippen LogP contribution in [-0.4, -0.2) is 31.0 Å². The van der Waals surface area contributed by atoms with Gasteiger partial charge >= 0.3 is 0 Å². The quantitative estimate of drug-likeness (QED) is 0.643. The van der Waals surface area contributed by atoms with Gasteiger partial charge in [-0.05, 0) is 19.4 Å². The molecule has 1 aromatic carbocycles. The van der Waals surface area contributed by atoms with Gasteiger partial charge in [-0.2, -0.15) is 5.26 Å². The molecule has 9 heteroatoms. The van der Waals surface area contributed by atoms with Crippen LogP contribution in [0.1, 0.15) is 30.6 Å². The topological polar surface area (TPSA) is 130 Å². The fourth-order valence-corrected chi connectivity index (χ4v) is 2.23. The lowest BCUT2D eigenvalue weighted by Gasteiger charge is -2.21. The van der Waals surface area contributed by atoms with E-state index in [0.29, 0.717) is 6.42 Å². The van der Waals surface area contributed by atoms with Gasteiger partial charge in [0.05, 0.1) is 15.9 Å². The zero-order valence-corrected chi connectivity index (χ0v) is 13.1. The van der Waals surface area contributed by atoms with Crippen LogP contribution in [0, 0.1) is 21.4 Å². The van der Waals surface area contributed by atoms with Gasteiger partial charge in [0.15, 0.2) is 9.84 Å². The van der Waals surface area contributed by atoms with Gasteiger partial charge in [0.25, 0.3) is 11.6 Å². The molecule has 1 N–H and O–H groups in total. The van der Waals surface area contributed by atoms with E-state index < -0.39 is 31.9 Å². The normalized spacial score (nSPS) is 13.7. The number of nitro groups is 1. The van der Waals surface area contributed by atoms with Gasteiger partial charge in [-0.25, -0.2) is 8.42 Å². The lowest BCUT2D eigenvalue weighted by molar-refractivity contribution is -0.385. The first kappa shape index (κ1) is 17.6. The minimum atomic E-state index is -3.72.